The van der Waals surface area contributed by atoms with Crippen LogP contribution in [0.3, 0.4) is 0 Å². The van der Waals surface area contributed by atoms with Gasteiger partial charge >= 0.3 is 0 Å². The zero-order chi connectivity index (χ0) is 11.4. The number of benzene rings is 1. The molecule has 15 heavy (non-hydrogen) atoms. The lowest BCUT2D eigenvalue weighted by Gasteiger charge is -2.15. The van der Waals surface area contributed by atoms with Gasteiger partial charge in [-0.05, 0) is 31.5 Å². The van der Waals surface area contributed by atoms with Gasteiger partial charge in [-0.2, -0.15) is 0 Å². The third-order valence-corrected chi connectivity index (χ3v) is 2.47. The first-order valence-corrected chi connectivity index (χ1v) is 5.25. The van der Waals surface area contributed by atoms with Crippen molar-refractivity contribution in [3.63, 3.8) is 0 Å². The molecule has 1 aromatic carbocycles. The molecule has 0 bridgehead atoms. The molecular formula is C11H15ClFNO. The van der Waals surface area contributed by atoms with Crippen molar-refractivity contribution in [3.8, 4) is 0 Å². The molecule has 0 fully saturated rings. The summed E-state index contributed by atoms with van der Waals surface area (Å²) in [5.74, 6) is -0.417. The highest BCUT2D eigenvalue weighted by atomic mass is 35.5. The van der Waals surface area contributed by atoms with Crippen LogP contribution < -0.4 is 5.32 Å². The number of rotatable bonds is 4. The van der Waals surface area contributed by atoms with Crippen LogP contribution in [0.5, 0.6) is 0 Å². The van der Waals surface area contributed by atoms with E-state index in [1.807, 2.05) is 6.92 Å². The zero-order valence-corrected chi connectivity index (χ0v) is 9.55. The quantitative estimate of drug-likeness (QED) is 0.835. The summed E-state index contributed by atoms with van der Waals surface area (Å²) in [7, 11) is 0. The third kappa shape index (κ3) is 3.78. The summed E-state index contributed by atoms with van der Waals surface area (Å²) in [6.07, 6.45) is -0.412. The summed E-state index contributed by atoms with van der Waals surface area (Å²) in [6, 6.07) is 4.70. The largest absolute Gasteiger partial charge is 0.392 e. The smallest absolute Gasteiger partial charge is 0.142 e. The van der Waals surface area contributed by atoms with E-state index in [1.165, 1.54) is 12.1 Å². The van der Waals surface area contributed by atoms with Crippen molar-refractivity contribution < 1.29 is 9.50 Å². The summed E-state index contributed by atoms with van der Waals surface area (Å²) >= 11 is 5.58. The predicted molar refractivity (Wildman–Crippen MR) is 59.5 cm³/mol. The first kappa shape index (κ1) is 12.4. The second kappa shape index (κ2) is 5.45. The molecule has 84 valence electrons. The number of halogens is 2. The van der Waals surface area contributed by atoms with Crippen LogP contribution in [0, 0.1) is 5.82 Å². The molecule has 0 spiro atoms. The molecule has 0 aliphatic heterocycles. The maximum absolute atomic E-state index is 13.1. The van der Waals surface area contributed by atoms with E-state index >= 15 is 0 Å². The Labute approximate surface area is 94.1 Å². The molecule has 0 aliphatic rings. The number of hydrogen-bond acceptors (Lipinski definition) is 2. The molecule has 0 amide bonds. The van der Waals surface area contributed by atoms with Crippen molar-refractivity contribution in [1.29, 1.82) is 0 Å². The number of aliphatic hydroxyl groups is 1. The number of nitrogens with one attached hydrogen (secondary N) is 1. The second-order valence-electron chi connectivity index (χ2n) is 3.65. The van der Waals surface area contributed by atoms with Crippen LogP contribution in [0.1, 0.15) is 25.5 Å². The molecule has 0 aliphatic carbocycles. The van der Waals surface area contributed by atoms with Gasteiger partial charge in [-0.1, -0.05) is 17.7 Å². The SMILES string of the molecule is CC(O)CNC(C)c1ccc(Cl)c(F)c1. The molecule has 0 aromatic heterocycles. The van der Waals surface area contributed by atoms with Gasteiger partial charge in [0.25, 0.3) is 0 Å². The van der Waals surface area contributed by atoms with Gasteiger partial charge in [0.15, 0.2) is 0 Å². The van der Waals surface area contributed by atoms with Crippen molar-refractivity contribution in [2.75, 3.05) is 6.54 Å². The molecule has 4 heteroatoms. The normalized spacial score (nSPS) is 15.0. The van der Waals surface area contributed by atoms with Gasteiger partial charge in [-0.3, -0.25) is 0 Å². The van der Waals surface area contributed by atoms with Gasteiger partial charge in [0.2, 0.25) is 0 Å². The minimum Gasteiger partial charge on any atom is -0.392 e. The highest BCUT2D eigenvalue weighted by Crippen LogP contribution is 2.19. The lowest BCUT2D eigenvalue weighted by atomic mass is 10.1. The Kier molecular flexibility index (Phi) is 4.51. The van der Waals surface area contributed by atoms with Gasteiger partial charge in [-0.15, -0.1) is 0 Å². The Hall–Kier alpha value is -0.640. The van der Waals surface area contributed by atoms with E-state index in [-0.39, 0.29) is 11.1 Å². The van der Waals surface area contributed by atoms with Crippen molar-refractivity contribution in [1.82, 2.24) is 5.32 Å². The van der Waals surface area contributed by atoms with E-state index < -0.39 is 11.9 Å². The van der Waals surface area contributed by atoms with E-state index in [1.54, 1.807) is 13.0 Å². The van der Waals surface area contributed by atoms with Gasteiger partial charge in [0, 0.05) is 12.6 Å². The van der Waals surface area contributed by atoms with Crippen LogP contribution >= 0.6 is 11.6 Å². The van der Waals surface area contributed by atoms with E-state index in [4.69, 9.17) is 16.7 Å². The van der Waals surface area contributed by atoms with Gasteiger partial charge in [-0.25, -0.2) is 4.39 Å². The van der Waals surface area contributed by atoms with Gasteiger partial charge < -0.3 is 10.4 Å². The summed E-state index contributed by atoms with van der Waals surface area (Å²) in [5, 5.41) is 12.3. The Balaban J connectivity index is 2.65. The fourth-order valence-corrected chi connectivity index (χ4v) is 1.36. The summed E-state index contributed by atoms with van der Waals surface area (Å²) < 4.78 is 13.1. The molecule has 0 heterocycles. The molecule has 0 radical (unpaired) electrons. The van der Waals surface area contributed by atoms with Crippen LogP contribution in [0.2, 0.25) is 5.02 Å². The highest BCUT2D eigenvalue weighted by molar-refractivity contribution is 6.30. The standard InChI is InChI=1S/C11H15ClFNO/c1-7(15)6-14-8(2)9-3-4-10(12)11(13)5-9/h3-5,7-8,14-15H,6H2,1-2H3. The molecule has 2 atom stereocenters. The van der Waals surface area contributed by atoms with E-state index in [0.717, 1.165) is 5.56 Å². The Morgan fingerprint density at radius 2 is 2.13 bits per heavy atom. The third-order valence-electron chi connectivity index (χ3n) is 2.16. The minimum atomic E-state index is -0.417. The molecule has 2 nitrogen and oxygen atoms in total. The Morgan fingerprint density at radius 3 is 2.67 bits per heavy atom. The summed E-state index contributed by atoms with van der Waals surface area (Å²) in [4.78, 5) is 0. The van der Waals surface area contributed by atoms with Crippen molar-refractivity contribution in [2.45, 2.75) is 26.0 Å². The molecule has 1 rings (SSSR count). The second-order valence-corrected chi connectivity index (χ2v) is 4.06. The van der Waals surface area contributed by atoms with Crippen LogP contribution in [-0.4, -0.2) is 17.8 Å². The predicted octanol–water partition coefficient (Wildman–Crippen LogP) is 2.51. The van der Waals surface area contributed by atoms with E-state index in [0.29, 0.717) is 6.54 Å². The number of hydrogen-bond donors (Lipinski definition) is 2. The maximum atomic E-state index is 13.1. The fraction of sp³-hybridized carbons (Fsp3) is 0.455. The number of aliphatic hydroxyl groups excluding tert-OH is 1. The van der Waals surface area contributed by atoms with Crippen molar-refractivity contribution in [3.05, 3.63) is 34.6 Å². The summed E-state index contributed by atoms with van der Waals surface area (Å²) in [6.45, 7) is 4.08. The first-order valence-electron chi connectivity index (χ1n) is 4.87. The molecule has 1 aromatic rings. The van der Waals surface area contributed by atoms with Crippen LogP contribution in [0.4, 0.5) is 4.39 Å². The first-order chi connectivity index (χ1) is 7.00. The fourth-order valence-electron chi connectivity index (χ4n) is 1.25. The summed E-state index contributed by atoms with van der Waals surface area (Å²) in [5.41, 5.74) is 0.817. The lowest BCUT2D eigenvalue weighted by molar-refractivity contribution is 0.187. The Bertz CT molecular complexity index is 330. The lowest BCUT2D eigenvalue weighted by Crippen LogP contribution is -2.27. The topological polar surface area (TPSA) is 32.3 Å². The maximum Gasteiger partial charge on any atom is 0.142 e. The average Bonchev–Trinajstić information content (AvgIpc) is 2.18. The highest BCUT2D eigenvalue weighted by Gasteiger charge is 2.08. The van der Waals surface area contributed by atoms with E-state index in [2.05, 4.69) is 5.32 Å². The van der Waals surface area contributed by atoms with Crippen LogP contribution in [-0.2, 0) is 0 Å². The van der Waals surface area contributed by atoms with Crippen molar-refractivity contribution >= 4 is 11.6 Å². The Morgan fingerprint density at radius 1 is 1.47 bits per heavy atom. The minimum absolute atomic E-state index is 0.00799. The molecule has 0 saturated carbocycles. The average molecular weight is 232 g/mol. The van der Waals surface area contributed by atoms with Crippen LogP contribution in [0.25, 0.3) is 0 Å². The van der Waals surface area contributed by atoms with E-state index in [9.17, 15) is 4.39 Å². The van der Waals surface area contributed by atoms with Gasteiger partial charge in [0.05, 0.1) is 11.1 Å². The molecular weight excluding hydrogens is 217 g/mol. The molecule has 2 unspecified atom stereocenters. The zero-order valence-electron chi connectivity index (χ0n) is 8.80. The van der Waals surface area contributed by atoms with Crippen molar-refractivity contribution in [2.24, 2.45) is 0 Å². The molecule has 2 N–H and O–H groups in total. The molecule has 0 saturated heterocycles. The van der Waals surface area contributed by atoms with Crippen LogP contribution in [0.15, 0.2) is 18.2 Å². The van der Waals surface area contributed by atoms with Gasteiger partial charge in [0.1, 0.15) is 5.82 Å². The monoisotopic (exact) mass is 231 g/mol.